The lowest BCUT2D eigenvalue weighted by Crippen LogP contribution is -2.42. The van der Waals surface area contributed by atoms with E-state index in [4.69, 9.17) is 5.10 Å². The van der Waals surface area contributed by atoms with Crippen molar-refractivity contribution in [3.8, 4) is 5.69 Å². The number of hydrogen-bond donors (Lipinski definition) is 1. The fourth-order valence-electron chi connectivity index (χ4n) is 3.27. The van der Waals surface area contributed by atoms with Gasteiger partial charge in [-0.2, -0.15) is 5.10 Å². The van der Waals surface area contributed by atoms with Gasteiger partial charge in [0.05, 0.1) is 17.9 Å². The van der Waals surface area contributed by atoms with Gasteiger partial charge >= 0.3 is 0 Å². The quantitative estimate of drug-likeness (QED) is 0.642. The van der Waals surface area contributed by atoms with Gasteiger partial charge < -0.3 is 15.1 Å². The molecular formula is C25H39N5O2. The SMILES string of the molecule is Cc1ccccc1-n1nc(C(C)(C)C)cc1NC(=O)CN(CCN(C)C)C(=O)CC(C)C. The Morgan fingerprint density at radius 2 is 1.78 bits per heavy atom. The lowest BCUT2D eigenvalue weighted by Gasteiger charge is -2.24. The maximum absolute atomic E-state index is 13.0. The Labute approximate surface area is 192 Å². The normalized spacial score (nSPS) is 11.8. The van der Waals surface area contributed by atoms with Crippen LogP contribution in [0.4, 0.5) is 5.82 Å². The van der Waals surface area contributed by atoms with Crippen LogP contribution >= 0.6 is 0 Å². The third-order valence-electron chi connectivity index (χ3n) is 5.18. The van der Waals surface area contributed by atoms with E-state index >= 15 is 0 Å². The molecule has 0 saturated heterocycles. The Hall–Kier alpha value is -2.67. The second-order valence-electron chi connectivity index (χ2n) is 10.1. The molecule has 2 rings (SSSR count). The molecule has 0 atom stereocenters. The minimum atomic E-state index is -0.226. The maximum Gasteiger partial charge on any atom is 0.245 e. The van der Waals surface area contributed by atoms with Gasteiger partial charge in [-0.3, -0.25) is 9.59 Å². The molecule has 7 heteroatoms. The van der Waals surface area contributed by atoms with E-state index in [-0.39, 0.29) is 29.7 Å². The molecule has 2 amide bonds. The Kier molecular flexibility index (Phi) is 8.61. The lowest BCUT2D eigenvalue weighted by atomic mass is 9.92. The van der Waals surface area contributed by atoms with Gasteiger partial charge in [-0.25, -0.2) is 4.68 Å². The predicted octanol–water partition coefficient (Wildman–Crippen LogP) is 3.85. The summed E-state index contributed by atoms with van der Waals surface area (Å²) in [6.45, 7) is 13.6. The van der Waals surface area contributed by atoms with Crippen LogP contribution in [0.2, 0.25) is 0 Å². The Balaban J connectivity index is 2.29. The molecule has 0 radical (unpaired) electrons. The molecule has 7 nitrogen and oxygen atoms in total. The van der Waals surface area contributed by atoms with E-state index in [0.717, 1.165) is 16.9 Å². The minimum absolute atomic E-state index is 0.000193. The number of nitrogens with one attached hydrogen (secondary N) is 1. The molecule has 2 aromatic rings. The molecule has 1 N–H and O–H groups in total. The predicted molar refractivity (Wildman–Crippen MR) is 130 cm³/mol. The highest BCUT2D eigenvalue weighted by molar-refractivity contribution is 5.94. The largest absolute Gasteiger partial charge is 0.332 e. The topological polar surface area (TPSA) is 70.5 Å². The van der Waals surface area contributed by atoms with Gasteiger partial charge in [-0.1, -0.05) is 52.8 Å². The van der Waals surface area contributed by atoms with E-state index < -0.39 is 0 Å². The number of hydrogen-bond acceptors (Lipinski definition) is 4. The fourth-order valence-corrected chi connectivity index (χ4v) is 3.27. The lowest BCUT2D eigenvalue weighted by molar-refractivity contribution is -0.135. The van der Waals surface area contributed by atoms with E-state index in [0.29, 0.717) is 25.3 Å². The number of benzene rings is 1. The number of likely N-dealkylation sites (N-methyl/N-ethyl adjacent to an activating group) is 1. The molecule has 0 bridgehead atoms. The molecule has 1 aromatic heterocycles. The highest BCUT2D eigenvalue weighted by Gasteiger charge is 2.23. The highest BCUT2D eigenvalue weighted by atomic mass is 16.2. The van der Waals surface area contributed by atoms with Crippen LogP contribution in [0.5, 0.6) is 0 Å². The first-order valence-electron chi connectivity index (χ1n) is 11.3. The number of aryl methyl sites for hydroxylation is 1. The minimum Gasteiger partial charge on any atom is -0.332 e. The monoisotopic (exact) mass is 441 g/mol. The number of para-hydroxylation sites is 1. The summed E-state index contributed by atoms with van der Waals surface area (Å²) in [6, 6.07) is 9.87. The molecule has 0 spiro atoms. The Bertz CT molecular complexity index is 925. The molecule has 1 heterocycles. The number of anilines is 1. The summed E-state index contributed by atoms with van der Waals surface area (Å²) >= 11 is 0. The van der Waals surface area contributed by atoms with Crippen molar-refractivity contribution in [1.29, 1.82) is 0 Å². The van der Waals surface area contributed by atoms with Gasteiger partial charge in [0.2, 0.25) is 11.8 Å². The summed E-state index contributed by atoms with van der Waals surface area (Å²) in [5, 5.41) is 7.80. The zero-order valence-electron chi connectivity index (χ0n) is 20.9. The molecule has 32 heavy (non-hydrogen) atoms. The number of nitrogens with zero attached hydrogens (tertiary/aromatic N) is 4. The summed E-state index contributed by atoms with van der Waals surface area (Å²) in [5.41, 5.74) is 2.69. The van der Waals surface area contributed by atoms with Crippen molar-refractivity contribution in [2.75, 3.05) is 39.0 Å². The Morgan fingerprint density at radius 3 is 2.34 bits per heavy atom. The van der Waals surface area contributed by atoms with Crippen LogP contribution in [0.25, 0.3) is 5.69 Å². The molecule has 0 fully saturated rings. The zero-order valence-corrected chi connectivity index (χ0v) is 20.9. The summed E-state index contributed by atoms with van der Waals surface area (Å²) in [7, 11) is 3.92. The third kappa shape index (κ3) is 7.19. The van der Waals surface area contributed by atoms with Crippen LogP contribution < -0.4 is 5.32 Å². The van der Waals surface area contributed by atoms with Gasteiger partial charge in [0.15, 0.2) is 0 Å². The molecule has 176 valence electrons. The third-order valence-corrected chi connectivity index (χ3v) is 5.18. The highest BCUT2D eigenvalue weighted by Crippen LogP contribution is 2.27. The average molecular weight is 442 g/mol. The molecule has 0 aliphatic carbocycles. The van der Waals surface area contributed by atoms with Crippen LogP contribution in [-0.4, -0.2) is 65.1 Å². The first-order valence-corrected chi connectivity index (χ1v) is 11.3. The second kappa shape index (κ2) is 10.8. The van der Waals surface area contributed by atoms with Crippen molar-refractivity contribution in [2.24, 2.45) is 5.92 Å². The zero-order chi connectivity index (χ0) is 24.1. The van der Waals surface area contributed by atoms with Gasteiger partial charge in [0, 0.05) is 31.0 Å². The molecule has 0 unspecified atom stereocenters. The van der Waals surface area contributed by atoms with Crippen LogP contribution in [0.1, 0.15) is 52.3 Å². The van der Waals surface area contributed by atoms with Crippen LogP contribution in [-0.2, 0) is 15.0 Å². The molecule has 0 aliphatic heterocycles. The van der Waals surface area contributed by atoms with Gasteiger partial charge in [-0.05, 0) is 38.6 Å². The van der Waals surface area contributed by atoms with Crippen LogP contribution in [0.15, 0.2) is 30.3 Å². The number of carbonyl (C=O) groups excluding carboxylic acids is 2. The first-order chi connectivity index (χ1) is 14.9. The van der Waals surface area contributed by atoms with Crippen molar-refractivity contribution in [3.05, 3.63) is 41.6 Å². The number of aromatic nitrogens is 2. The van der Waals surface area contributed by atoms with Crippen molar-refractivity contribution >= 4 is 17.6 Å². The number of carbonyl (C=O) groups is 2. The van der Waals surface area contributed by atoms with E-state index in [1.54, 1.807) is 9.58 Å². The summed E-state index contributed by atoms with van der Waals surface area (Å²) < 4.78 is 1.79. The van der Waals surface area contributed by atoms with Gasteiger partial charge in [0.1, 0.15) is 5.82 Å². The average Bonchev–Trinajstić information content (AvgIpc) is 3.08. The summed E-state index contributed by atoms with van der Waals surface area (Å²) in [5.74, 6) is 0.623. The van der Waals surface area contributed by atoms with E-state index in [9.17, 15) is 9.59 Å². The van der Waals surface area contributed by atoms with Crippen molar-refractivity contribution in [2.45, 2.75) is 53.4 Å². The van der Waals surface area contributed by atoms with E-state index in [1.165, 1.54) is 0 Å². The van der Waals surface area contributed by atoms with E-state index in [2.05, 4.69) is 26.1 Å². The second-order valence-corrected chi connectivity index (χ2v) is 10.1. The Morgan fingerprint density at radius 1 is 1.12 bits per heavy atom. The standard InChI is InChI=1S/C25H39N5O2/c1-18(2)15-24(32)29(14-13-28(7)8)17-23(31)26-22-16-21(25(4,5)6)27-30(22)20-12-10-9-11-19(20)3/h9-12,16,18H,13-15,17H2,1-8H3,(H,26,31). The van der Waals surface area contributed by atoms with Crippen LogP contribution in [0, 0.1) is 12.8 Å². The van der Waals surface area contributed by atoms with E-state index in [1.807, 2.05) is 70.1 Å². The van der Waals surface area contributed by atoms with Crippen molar-refractivity contribution < 1.29 is 9.59 Å². The van der Waals surface area contributed by atoms with Gasteiger partial charge in [0.25, 0.3) is 0 Å². The molecule has 1 aromatic carbocycles. The van der Waals surface area contributed by atoms with Crippen LogP contribution in [0.3, 0.4) is 0 Å². The fraction of sp³-hybridized carbons (Fsp3) is 0.560. The summed E-state index contributed by atoms with van der Waals surface area (Å²) in [4.78, 5) is 29.4. The number of rotatable bonds is 9. The van der Waals surface area contributed by atoms with Crippen molar-refractivity contribution in [3.63, 3.8) is 0 Å². The summed E-state index contributed by atoms with van der Waals surface area (Å²) in [6.07, 6.45) is 0.427. The first kappa shape index (κ1) is 25.6. The maximum atomic E-state index is 13.0. The molecule has 0 saturated carbocycles. The van der Waals surface area contributed by atoms with Crippen molar-refractivity contribution in [1.82, 2.24) is 19.6 Å². The number of amides is 2. The smallest absolute Gasteiger partial charge is 0.245 e. The molecule has 0 aliphatic rings. The molecular weight excluding hydrogens is 402 g/mol. The van der Waals surface area contributed by atoms with Gasteiger partial charge in [-0.15, -0.1) is 0 Å².